The molecule has 6 heteroatoms. The van der Waals surface area contributed by atoms with Crippen molar-refractivity contribution in [2.24, 2.45) is 5.73 Å². The summed E-state index contributed by atoms with van der Waals surface area (Å²) in [6, 6.07) is 3.66. The maximum Gasteiger partial charge on any atom is 0.244 e. The number of amides is 1. The molecule has 0 radical (unpaired) electrons. The predicted molar refractivity (Wildman–Crippen MR) is 80.0 cm³/mol. The minimum absolute atomic E-state index is 0.112. The first-order valence-corrected chi connectivity index (χ1v) is 7.22. The number of aromatic nitrogens is 3. The first-order chi connectivity index (χ1) is 10.2. The molecule has 0 spiro atoms. The highest BCUT2D eigenvalue weighted by atomic mass is 16.2. The van der Waals surface area contributed by atoms with Gasteiger partial charge in [0.05, 0.1) is 17.4 Å². The Morgan fingerprint density at radius 2 is 2.10 bits per heavy atom. The number of nitrogens with two attached hydrogens (primary N) is 1. The zero-order valence-corrected chi connectivity index (χ0v) is 11.8. The first-order valence-electron chi connectivity index (χ1n) is 7.22. The topological polar surface area (TPSA) is 85.8 Å². The van der Waals surface area contributed by atoms with Gasteiger partial charge in [0.25, 0.3) is 0 Å². The number of nitrogens with one attached hydrogen (secondary N) is 1. The van der Waals surface area contributed by atoms with Crippen molar-refractivity contribution in [3.05, 3.63) is 37.1 Å². The average Bonchev–Trinajstić information content (AvgIpc) is 3.03. The Bertz CT molecular complexity index is 600. The molecule has 0 atom stereocenters. The Balaban J connectivity index is 1.69. The van der Waals surface area contributed by atoms with Gasteiger partial charge in [0.2, 0.25) is 5.91 Å². The van der Waals surface area contributed by atoms with Crippen molar-refractivity contribution in [2.45, 2.75) is 37.6 Å². The fraction of sp³-hybridized carbons (Fsp3) is 0.400. The number of hydrogen-bond acceptors (Lipinski definition) is 4. The number of pyridine rings is 1. The van der Waals surface area contributed by atoms with Crippen LogP contribution in [0.25, 0.3) is 5.82 Å². The van der Waals surface area contributed by atoms with Crippen molar-refractivity contribution in [3.63, 3.8) is 0 Å². The third-order valence-electron chi connectivity index (χ3n) is 3.97. The number of carbonyl (C=O) groups excluding carboxylic acids is 1. The van der Waals surface area contributed by atoms with E-state index in [0.29, 0.717) is 5.69 Å². The van der Waals surface area contributed by atoms with Crippen molar-refractivity contribution in [1.29, 1.82) is 0 Å². The van der Waals surface area contributed by atoms with Crippen LogP contribution in [0.1, 0.15) is 32.1 Å². The number of rotatable bonds is 3. The molecule has 2 aromatic rings. The van der Waals surface area contributed by atoms with E-state index in [4.69, 9.17) is 5.73 Å². The first kappa shape index (κ1) is 13.8. The molecular weight excluding hydrogens is 266 g/mol. The van der Waals surface area contributed by atoms with Crippen molar-refractivity contribution in [3.8, 4) is 5.82 Å². The number of anilines is 1. The zero-order chi connectivity index (χ0) is 14.7. The highest BCUT2D eigenvalue weighted by Gasteiger charge is 2.35. The van der Waals surface area contributed by atoms with Crippen LogP contribution in [-0.4, -0.2) is 26.0 Å². The fourth-order valence-corrected chi connectivity index (χ4v) is 2.67. The summed E-state index contributed by atoms with van der Waals surface area (Å²) in [6.45, 7) is 0. The molecule has 1 fully saturated rings. The summed E-state index contributed by atoms with van der Waals surface area (Å²) < 4.78 is 1.80. The van der Waals surface area contributed by atoms with Crippen LogP contribution < -0.4 is 11.1 Å². The Hall–Kier alpha value is -2.21. The van der Waals surface area contributed by atoms with Crippen LogP contribution in [0.3, 0.4) is 0 Å². The molecule has 0 unspecified atom stereocenters. The van der Waals surface area contributed by atoms with Crippen molar-refractivity contribution >= 4 is 11.6 Å². The van der Waals surface area contributed by atoms with Gasteiger partial charge in [-0.25, -0.2) is 9.97 Å². The van der Waals surface area contributed by atoms with E-state index in [0.717, 1.165) is 37.9 Å². The Kier molecular flexibility index (Phi) is 3.70. The standard InChI is InChI=1S/C15H19N5O/c16-15(6-2-1-3-7-15)14(21)19-12-4-5-13(18-10-12)20-9-8-17-11-20/h4-5,8-11H,1-3,6-7,16H2,(H,19,21). The van der Waals surface area contributed by atoms with Gasteiger partial charge in [0.1, 0.15) is 12.1 Å². The minimum Gasteiger partial charge on any atom is -0.323 e. The molecule has 0 aliphatic heterocycles. The largest absolute Gasteiger partial charge is 0.323 e. The second-order valence-electron chi connectivity index (χ2n) is 5.55. The van der Waals surface area contributed by atoms with Gasteiger partial charge in [-0.15, -0.1) is 0 Å². The maximum absolute atomic E-state index is 12.3. The third-order valence-corrected chi connectivity index (χ3v) is 3.97. The molecular formula is C15H19N5O. The Labute approximate surface area is 123 Å². The van der Waals surface area contributed by atoms with Crippen molar-refractivity contribution in [1.82, 2.24) is 14.5 Å². The number of carbonyl (C=O) groups is 1. The van der Waals surface area contributed by atoms with E-state index in [1.54, 1.807) is 23.3 Å². The van der Waals surface area contributed by atoms with Gasteiger partial charge < -0.3 is 11.1 Å². The second kappa shape index (κ2) is 5.65. The van der Waals surface area contributed by atoms with Gasteiger partial charge in [-0.1, -0.05) is 19.3 Å². The highest BCUT2D eigenvalue weighted by molar-refractivity contribution is 5.97. The SMILES string of the molecule is NC1(C(=O)Nc2ccc(-n3ccnc3)nc2)CCCCC1. The van der Waals surface area contributed by atoms with Crippen LogP contribution >= 0.6 is 0 Å². The van der Waals surface area contributed by atoms with E-state index in [1.807, 2.05) is 18.3 Å². The second-order valence-corrected chi connectivity index (χ2v) is 5.55. The molecule has 1 saturated carbocycles. The summed E-state index contributed by atoms with van der Waals surface area (Å²) in [4.78, 5) is 20.6. The average molecular weight is 285 g/mol. The summed E-state index contributed by atoms with van der Waals surface area (Å²) in [5.74, 6) is 0.644. The molecule has 21 heavy (non-hydrogen) atoms. The lowest BCUT2D eigenvalue weighted by Gasteiger charge is -2.31. The smallest absolute Gasteiger partial charge is 0.244 e. The van der Waals surface area contributed by atoms with Crippen LogP contribution in [-0.2, 0) is 4.79 Å². The lowest BCUT2D eigenvalue weighted by atomic mass is 9.82. The van der Waals surface area contributed by atoms with E-state index in [9.17, 15) is 4.79 Å². The van der Waals surface area contributed by atoms with Crippen LogP contribution in [0.2, 0.25) is 0 Å². The molecule has 110 valence electrons. The van der Waals surface area contributed by atoms with Gasteiger partial charge in [-0.3, -0.25) is 9.36 Å². The molecule has 3 rings (SSSR count). The van der Waals surface area contributed by atoms with Gasteiger partial charge in [-0.2, -0.15) is 0 Å². The number of nitrogens with zero attached hydrogens (tertiary/aromatic N) is 3. The van der Waals surface area contributed by atoms with E-state index < -0.39 is 5.54 Å². The molecule has 3 N–H and O–H groups in total. The molecule has 0 bridgehead atoms. The highest BCUT2D eigenvalue weighted by Crippen LogP contribution is 2.27. The summed E-state index contributed by atoms with van der Waals surface area (Å²) in [6.07, 6.45) is 11.5. The fourth-order valence-electron chi connectivity index (χ4n) is 2.67. The number of imidazole rings is 1. The van der Waals surface area contributed by atoms with Crippen molar-refractivity contribution < 1.29 is 4.79 Å². The summed E-state index contributed by atoms with van der Waals surface area (Å²) >= 11 is 0. The van der Waals surface area contributed by atoms with Gasteiger partial charge in [0.15, 0.2) is 0 Å². The van der Waals surface area contributed by atoms with E-state index in [2.05, 4.69) is 15.3 Å². The quantitative estimate of drug-likeness (QED) is 0.901. The molecule has 0 aromatic carbocycles. The summed E-state index contributed by atoms with van der Waals surface area (Å²) in [5, 5.41) is 2.87. The maximum atomic E-state index is 12.3. The lowest BCUT2D eigenvalue weighted by molar-refractivity contribution is -0.122. The summed E-state index contributed by atoms with van der Waals surface area (Å²) in [7, 11) is 0. The van der Waals surface area contributed by atoms with Crippen LogP contribution in [0.15, 0.2) is 37.1 Å². The lowest BCUT2D eigenvalue weighted by Crippen LogP contribution is -2.52. The molecule has 1 amide bonds. The molecule has 0 saturated heterocycles. The molecule has 2 heterocycles. The van der Waals surface area contributed by atoms with Crippen molar-refractivity contribution in [2.75, 3.05) is 5.32 Å². The molecule has 2 aromatic heterocycles. The normalized spacial score (nSPS) is 17.4. The Morgan fingerprint density at radius 3 is 2.71 bits per heavy atom. The zero-order valence-electron chi connectivity index (χ0n) is 11.8. The van der Waals surface area contributed by atoms with Crippen LogP contribution in [0.5, 0.6) is 0 Å². The molecule has 1 aliphatic rings. The van der Waals surface area contributed by atoms with E-state index in [1.165, 1.54) is 0 Å². The third kappa shape index (κ3) is 2.95. The Morgan fingerprint density at radius 1 is 1.29 bits per heavy atom. The molecule has 6 nitrogen and oxygen atoms in total. The van der Waals surface area contributed by atoms with E-state index >= 15 is 0 Å². The minimum atomic E-state index is -0.735. The molecule has 1 aliphatic carbocycles. The predicted octanol–water partition coefficient (Wildman–Crippen LogP) is 1.87. The van der Waals surface area contributed by atoms with Crippen LogP contribution in [0, 0.1) is 0 Å². The van der Waals surface area contributed by atoms with Gasteiger partial charge >= 0.3 is 0 Å². The van der Waals surface area contributed by atoms with Crippen LogP contribution in [0.4, 0.5) is 5.69 Å². The van der Waals surface area contributed by atoms with E-state index in [-0.39, 0.29) is 5.91 Å². The monoisotopic (exact) mass is 285 g/mol. The van der Waals surface area contributed by atoms with Gasteiger partial charge in [-0.05, 0) is 25.0 Å². The number of hydrogen-bond donors (Lipinski definition) is 2. The summed E-state index contributed by atoms with van der Waals surface area (Å²) in [5.41, 5.74) is 6.14. The van der Waals surface area contributed by atoms with Gasteiger partial charge in [0, 0.05) is 12.4 Å².